The van der Waals surface area contributed by atoms with E-state index in [1.54, 1.807) is 37.4 Å². The lowest BCUT2D eigenvalue weighted by Crippen LogP contribution is -2.13. The Hall–Kier alpha value is -4.11. The Morgan fingerprint density at radius 2 is 1.97 bits per heavy atom. The summed E-state index contributed by atoms with van der Waals surface area (Å²) < 4.78 is 21.5. The smallest absolute Gasteiger partial charge is 0.338 e. The molecule has 4 aromatic rings. The van der Waals surface area contributed by atoms with E-state index < -0.39 is 11.9 Å². The number of methoxy groups -OCH3 is 1. The van der Waals surface area contributed by atoms with Crippen molar-refractivity contribution in [3.8, 4) is 22.1 Å². The number of furan rings is 1. The van der Waals surface area contributed by atoms with E-state index in [0.29, 0.717) is 35.1 Å². The van der Waals surface area contributed by atoms with Crippen molar-refractivity contribution in [3.63, 3.8) is 0 Å². The Morgan fingerprint density at radius 1 is 1.11 bits per heavy atom. The molecular formula is C26H24N2O6S. The minimum Gasteiger partial charge on any atom is -0.493 e. The number of aryl methyl sites for hydroxylation is 1. The number of aromatic nitrogens is 1. The van der Waals surface area contributed by atoms with Gasteiger partial charge in [0.2, 0.25) is 0 Å². The summed E-state index contributed by atoms with van der Waals surface area (Å²) in [5.41, 5.74) is 3.13. The SMILES string of the molecule is CCOc1ccc(-c2nc(COC(=O)c3ccc(C)c(NC(=O)c4ccco4)c3)cs2)cc1OC. The average molecular weight is 493 g/mol. The molecule has 0 atom stereocenters. The normalized spacial score (nSPS) is 10.6. The predicted octanol–water partition coefficient (Wildman–Crippen LogP) is 5.73. The molecule has 0 aliphatic heterocycles. The Labute approximate surface area is 206 Å². The minimum absolute atomic E-state index is 0.0193. The third-order valence-corrected chi connectivity index (χ3v) is 6.02. The Bertz CT molecular complexity index is 1330. The molecule has 35 heavy (non-hydrogen) atoms. The molecular weight excluding hydrogens is 468 g/mol. The van der Waals surface area contributed by atoms with E-state index in [9.17, 15) is 9.59 Å². The third kappa shape index (κ3) is 5.70. The first-order valence-corrected chi connectivity index (χ1v) is 11.7. The van der Waals surface area contributed by atoms with Crippen LogP contribution in [-0.4, -0.2) is 30.6 Å². The zero-order valence-electron chi connectivity index (χ0n) is 19.5. The number of thiazole rings is 1. The summed E-state index contributed by atoms with van der Waals surface area (Å²) in [6, 6.07) is 13.8. The second-order valence-electron chi connectivity index (χ2n) is 7.48. The maximum atomic E-state index is 12.6. The molecule has 0 aliphatic carbocycles. The Morgan fingerprint density at radius 3 is 2.71 bits per heavy atom. The molecule has 180 valence electrons. The van der Waals surface area contributed by atoms with Gasteiger partial charge in [0, 0.05) is 16.6 Å². The van der Waals surface area contributed by atoms with Crippen molar-refractivity contribution in [2.24, 2.45) is 0 Å². The Balaban J connectivity index is 1.41. The van der Waals surface area contributed by atoms with Crippen LogP contribution >= 0.6 is 11.3 Å². The highest BCUT2D eigenvalue weighted by molar-refractivity contribution is 7.13. The molecule has 2 aromatic carbocycles. The molecule has 8 nitrogen and oxygen atoms in total. The van der Waals surface area contributed by atoms with Crippen molar-refractivity contribution in [1.82, 2.24) is 4.98 Å². The number of hydrogen-bond acceptors (Lipinski definition) is 8. The van der Waals surface area contributed by atoms with E-state index in [0.717, 1.165) is 16.1 Å². The first-order valence-electron chi connectivity index (χ1n) is 10.9. The average Bonchev–Trinajstić information content (AvgIpc) is 3.57. The molecule has 0 radical (unpaired) electrons. The fourth-order valence-electron chi connectivity index (χ4n) is 3.28. The summed E-state index contributed by atoms with van der Waals surface area (Å²) in [6.07, 6.45) is 1.42. The molecule has 9 heteroatoms. The van der Waals surface area contributed by atoms with Crippen LogP contribution in [0.1, 0.15) is 39.1 Å². The predicted molar refractivity (Wildman–Crippen MR) is 132 cm³/mol. The number of benzene rings is 2. The van der Waals surface area contributed by atoms with Gasteiger partial charge in [-0.25, -0.2) is 9.78 Å². The number of carbonyl (C=O) groups is 2. The van der Waals surface area contributed by atoms with Crippen LogP contribution in [0.15, 0.2) is 64.6 Å². The van der Waals surface area contributed by atoms with Crippen LogP contribution in [0, 0.1) is 6.92 Å². The third-order valence-electron chi connectivity index (χ3n) is 5.08. The van der Waals surface area contributed by atoms with Crippen LogP contribution in [-0.2, 0) is 11.3 Å². The van der Waals surface area contributed by atoms with E-state index in [2.05, 4.69) is 10.3 Å². The zero-order chi connectivity index (χ0) is 24.8. The van der Waals surface area contributed by atoms with Gasteiger partial charge in [-0.05, 0) is 61.9 Å². The van der Waals surface area contributed by atoms with Crippen LogP contribution in [0.4, 0.5) is 5.69 Å². The molecule has 0 saturated heterocycles. The van der Waals surface area contributed by atoms with E-state index >= 15 is 0 Å². The molecule has 0 unspecified atom stereocenters. The Kier molecular flexibility index (Phi) is 7.47. The summed E-state index contributed by atoms with van der Waals surface area (Å²) in [6.45, 7) is 4.31. The van der Waals surface area contributed by atoms with Crippen LogP contribution < -0.4 is 14.8 Å². The number of rotatable bonds is 9. The number of esters is 1. The fourth-order valence-corrected chi connectivity index (χ4v) is 4.08. The summed E-state index contributed by atoms with van der Waals surface area (Å²) in [5, 5.41) is 5.37. The first kappa shape index (κ1) is 24.0. The van der Waals surface area contributed by atoms with Gasteiger partial charge in [-0.3, -0.25) is 4.79 Å². The minimum atomic E-state index is -0.518. The summed E-state index contributed by atoms with van der Waals surface area (Å²) in [7, 11) is 1.59. The van der Waals surface area contributed by atoms with E-state index in [4.69, 9.17) is 18.6 Å². The van der Waals surface area contributed by atoms with Crippen molar-refractivity contribution >= 4 is 28.9 Å². The molecule has 0 spiro atoms. The number of nitrogens with zero attached hydrogens (tertiary/aromatic N) is 1. The topological polar surface area (TPSA) is 99.9 Å². The highest BCUT2D eigenvalue weighted by atomic mass is 32.1. The summed E-state index contributed by atoms with van der Waals surface area (Å²) >= 11 is 1.44. The quantitative estimate of drug-likeness (QED) is 0.298. The van der Waals surface area contributed by atoms with Gasteiger partial charge >= 0.3 is 5.97 Å². The van der Waals surface area contributed by atoms with Gasteiger partial charge in [0.05, 0.1) is 31.2 Å². The monoisotopic (exact) mass is 492 g/mol. The lowest BCUT2D eigenvalue weighted by atomic mass is 10.1. The van der Waals surface area contributed by atoms with Gasteiger partial charge in [0.25, 0.3) is 5.91 Å². The number of anilines is 1. The van der Waals surface area contributed by atoms with Crippen molar-refractivity contribution in [2.75, 3.05) is 19.0 Å². The van der Waals surface area contributed by atoms with Gasteiger partial charge in [-0.15, -0.1) is 11.3 Å². The lowest BCUT2D eigenvalue weighted by molar-refractivity contribution is 0.0468. The lowest BCUT2D eigenvalue weighted by Gasteiger charge is -2.10. The number of carbonyl (C=O) groups excluding carboxylic acids is 2. The van der Waals surface area contributed by atoms with E-state index in [1.165, 1.54) is 17.6 Å². The highest BCUT2D eigenvalue weighted by Crippen LogP contribution is 2.34. The van der Waals surface area contributed by atoms with Crippen molar-refractivity contribution < 1.29 is 28.2 Å². The maximum Gasteiger partial charge on any atom is 0.338 e. The van der Waals surface area contributed by atoms with Crippen molar-refractivity contribution in [3.05, 3.63) is 82.8 Å². The molecule has 0 bridgehead atoms. The van der Waals surface area contributed by atoms with Gasteiger partial charge in [-0.2, -0.15) is 0 Å². The molecule has 2 aromatic heterocycles. The number of ether oxygens (including phenoxy) is 3. The molecule has 1 N–H and O–H groups in total. The number of nitrogens with one attached hydrogen (secondary N) is 1. The largest absolute Gasteiger partial charge is 0.493 e. The molecule has 4 rings (SSSR count). The molecule has 1 amide bonds. The van der Waals surface area contributed by atoms with E-state index in [-0.39, 0.29) is 12.4 Å². The van der Waals surface area contributed by atoms with Crippen LogP contribution in [0.3, 0.4) is 0 Å². The maximum absolute atomic E-state index is 12.6. The molecule has 0 fully saturated rings. The molecule has 0 aliphatic rings. The van der Waals surface area contributed by atoms with Crippen LogP contribution in [0.5, 0.6) is 11.5 Å². The second-order valence-corrected chi connectivity index (χ2v) is 8.34. The first-order chi connectivity index (χ1) is 17.0. The number of hydrogen-bond donors (Lipinski definition) is 1. The number of amides is 1. The van der Waals surface area contributed by atoms with Crippen LogP contribution in [0.2, 0.25) is 0 Å². The van der Waals surface area contributed by atoms with Crippen molar-refractivity contribution in [2.45, 2.75) is 20.5 Å². The molecule has 0 saturated carbocycles. The summed E-state index contributed by atoms with van der Waals surface area (Å²) in [4.78, 5) is 29.5. The van der Waals surface area contributed by atoms with Crippen molar-refractivity contribution in [1.29, 1.82) is 0 Å². The van der Waals surface area contributed by atoms with Gasteiger partial charge in [-0.1, -0.05) is 6.07 Å². The fraction of sp³-hybridized carbons (Fsp3) is 0.192. The van der Waals surface area contributed by atoms with Gasteiger partial charge in [0.1, 0.15) is 11.6 Å². The summed E-state index contributed by atoms with van der Waals surface area (Å²) in [5.74, 6) is 0.561. The highest BCUT2D eigenvalue weighted by Gasteiger charge is 2.15. The van der Waals surface area contributed by atoms with E-state index in [1.807, 2.05) is 37.4 Å². The van der Waals surface area contributed by atoms with Gasteiger partial charge in [0.15, 0.2) is 17.3 Å². The second kappa shape index (κ2) is 10.9. The standard InChI is InChI=1S/C26H24N2O6S/c1-4-32-21-10-9-17(13-23(21)31-3)25-27-19(15-35-25)14-34-26(30)18-8-7-16(2)20(12-18)28-24(29)22-6-5-11-33-22/h5-13,15H,4,14H2,1-3H3,(H,28,29). The zero-order valence-corrected chi connectivity index (χ0v) is 20.3. The van der Waals surface area contributed by atoms with Gasteiger partial charge < -0.3 is 23.9 Å². The van der Waals surface area contributed by atoms with Crippen LogP contribution in [0.25, 0.3) is 10.6 Å². The molecule has 2 heterocycles.